The van der Waals surface area contributed by atoms with Crippen molar-refractivity contribution in [2.45, 2.75) is 26.2 Å². The smallest absolute Gasteiger partial charge is 0.0622 e. The molecule has 6 aromatic carbocycles. The molecule has 0 atom stereocenters. The summed E-state index contributed by atoms with van der Waals surface area (Å²) in [5.74, 6) is 0. The molecule has 192 valence electrons. The lowest BCUT2D eigenvalue weighted by Crippen LogP contribution is -2.56. The van der Waals surface area contributed by atoms with Crippen LogP contribution < -0.4 is 20.7 Å². The van der Waals surface area contributed by atoms with E-state index in [4.69, 9.17) is 0 Å². The van der Waals surface area contributed by atoms with Crippen molar-refractivity contribution in [3.05, 3.63) is 121 Å². The Labute approximate surface area is 239 Å². The van der Waals surface area contributed by atoms with Crippen LogP contribution in [0.15, 0.2) is 121 Å². The number of benzene rings is 6. The van der Waals surface area contributed by atoms with Crippen molar-refractivity contribution in [2.24, 2.45) is 0 Å². The average Bonchev–Trinajstić information content (AvgIpc) is 3.22. The van der Waals surface area contributed by atoms with Crippen LogP contribution in [0, 0.1) is 0 Å². The number of hydrogen-bond acceptors (Lipinski definition) is 0. The summed E-state index contributed by atoms with van der Waals surface area (Å²) < 4.78 is 0. The number of hydrogen-bond donors (Lipinski definition) is 0. The normalized spacial score (nSPS) is 15.4. The topological polar surface area (TPSA) is 0 Å². The molecular formula is C38H32Si2. The fourth-order valence-corrected chi connectivity index (χ4v) is 13.7. The monoisotopic (exact) mass is 544 g/mol. The van der Waals surface area contributed by atoms with Gasteiger partial charge in [-0.15, -0.1) is 0 Å². The second-order valence-electron chi connectivity index (χ2n) is 12.6. The van der Waals surface area contributed by atoms with E-state index in [9.17, 15) is 0 Å². The fourth-order valence-electron chi connectivity index (χ4n) is 7.49. The van der Waals surface area contributed by atoms with Crippen molar-refractivity contribution in [1.82, 2.24) is 0 Å². The van der Waals surface area contributed by atoms with Crippen LogP contribution in [0.1, 0.15) is 0 Å². The van der Waals surface area contributed by atoms with Crippen molar-refractivity contribution in [3.63, 3.8) is 0 Å². The van der Waals surface area contributed by atoms with E-state index in [2.05, 4.69) is 148 Å². The van der Waals surface area contributed by atoms with E-state index >= 15 is 0 Å². The molecule has 0 radical (unpaired) electrons. The summed E-state index contributed by atoms with van der Waals surface area (Å²) >= 11 is 0. The van der Waals surface area contributed by atoms with Crippen LogP contribution in [-0.2, 0) is 0 Å². The Morgan fingerprint density at radius 1 is 0.375 bits per heavy atom. The molecule has 0 amide bonds. The molecule has 8 rings (SSSR count). The molecule has 0 unspecified atom stereocenters. The van der Waals surface area contributed by atoms with E-state index in [1.54, 1.807) is 20.7 Å². The Morgan fingerprint density at radius 2 is 0.925 bits per heavy atom. The minimum atomic E-state index is -1.93. The lowest BCUT2D eigenvalue weighted by Gasteiger charge is -2.35. The molecule has 40 heavy (non-hydrogen) atoms. The largest absolute Gasteiger partial charge is 0.113 e. The molecule has 0 aliphatic carbocycles. The van der Waals surface area contributed by atoms with Gasteiger partial charge in [0.05, 0.1) is 0 Å². The van der Waals surface area contributed by atoms with E-state index in [0.29, 0.717) is 0 Å². The van der Waals surface area contributed by atoms with E-state index in [1.165, 1.54) is 55.3 Å². The van der Waals surface area contributed by atoms with Gasteiger partial charge in [0.2, 0.25) is 0 Å². The van der Waals surface area contributed by atoms with Gasteiger partial charge in [-0.2, -0.15) is 0 Å². The highest BCUT2D eigenvalue weighted by Gasteiger charge is 2.42. The minimum Gasteiger partial charge on any atom is -0.0622 e. The van der Waals surface area contributed by atoms with Crippen molar-refractivity contribution >= 4 is 47.7 Å². The van der Waals surface area contributed by atoms with Gasteiger partial charge in [-0.25, -0.2) is 0 Å². The van der Waals surface area contributed by atoms with Gasteiger partial charge in [0.25, 0.3) is 0 Å². The Balaban J connectivity index is 1.40. The summed E-state index contributed by atoms with van der Waals surface area (Å²) in [5.41, 5.74) is 11.1. The molecule has 0 saturated heterocycles. The minimum absolute atomic E-state index is 1.30. The van der Waals surface area contributed by atoms with Gasteiger partial charge in [-0.3, -0.25) is 0 Å². The lowest BCUT2D eigenvalue weighted by atomic mass is 9.90. The Kier molecular flexibility index (Phi) is 4.93. The van der Waals surface area contributed by atoms with Crippen LogP contribution in [-0.4, -0.2) is 16.1 Å². The van der Waals surface area contributed by atoms with Crippen molar-refractivity contribution in [3.8, 4) is 44.5 Å². The molecule has 2 aliphatic heterocycles. The average molecular weight is 545 g/mol. The van der Waals surface area contributed by atoms with Crippen molar-refractivity contribution in [2.75, 3.05) is 0 Å². The molecule has 0 fully saturated rings. The summed E-state index contributed by atoms with van der Waals surface area (Å²) in [6.07, 6.45) is 0. The number of fused-ring (bicyclic) bond motifs is 6. The Hall–Kier alpha value is -3.99. The van der Waals surface area contributed by atoms with Crippen molar-refractivity contribution < 1.29 is 0 Å². The van der Waals surface area contributed by atoms with Crippen LogP contribution >= 0.6 is 0 Å². The van der Waals surface area contributed by atoms with Crippen LogP contribution in [0.5, 0.6) is 0 Å². The summed E-state index contributed by atoms with van der Waals surface area (Å²) in [6, 6.07) is 46.0. The van der Waals surface area contributed by atoms with Gasteiger partial charge >= 0.3 is 0 Å². The summed E-state index contributed by atoms with van der Waals surface area (Å²) in [4.78, 5) is 0. The zero-order chi connectivity index (χ0) is 27.2. The first-order valence-corrected chi connectivity index (χ1v) is 20.4. The zero-order valence-electron chi connectivity index (χ0n) is 23.5. The predicted octanol–water partition coefficient (Wildman–Crippen LogP) is 7.78. The standard InChI is InChI=1S/C38H32Si2/c1-39(2)33-17-11-16-31-37-30-21-19-28(26-14-9-6-10-15-26)23-35(30)40(3,4)36(37)24-32(38(31)33)29-20-18-27(22-34(29)39)25-12-7-5-8-13-25/h5-24H,1-4H3. The summed E-state index contributed by atoms with van der Waals surface area (Å²) in [7, 11) is -3.84. The second kappa shape index (κ2) is 8.26. The molecule has 0 nitrogen and oxygen atoms in total. The van der Waals surface area contributed by atoms with Crippen LogP contribution in [0.25, 0.3) is 55.3 Å². The van der Waals surface area contributed by atoms with Gasteiger partial charge < -0.3 is 0 Å². The quantitative estimate of drug-likeness (QED) is 0.195. The molecule has 2 heterocycles. The maximum Gasteiger partial charge on any atom is 0.113 e. The summed E-state index contributed by atoms with van der Waals surface area (Å²) in [6.45, 7) is 10.2. The Bertz CT molecular complexity index is 1980. The molecule has 0 aromatic heterocycles. The lowest BCUT2D eigenvalue weighted by molar-refractivity contribution is 1.60. The molecule has 0 bridgehead atoms. The number of rotatable bonds is 2. The van der Waals surface area contributed by atoms with Crippen molar-refractivity contribution in [1.29, 1.82) is 0 Å². The molecular weight excluding hydrogens is 513 g/mol. The third-order valence-electron chi connectivity index (χ3n) is 9.67. The SMILES string of the molecule is C[Si]1(C)c2cc(-c3ccccc3)ccc2-c2c1cc1c3c(cccc23)[Si](C)(C)c2cc(-c3ccccc3)ccc2-1. The van der Waals surface area contributed by atoms with E-state index in [-0.39, 0.29) is 0 Å². The highest BCUT2D eigenvalue weighted by atomic mass is 28.3. The molecule has 0 N–H and O–H groups in total. The van der Waals surface area contributed by atoms with E-state index in [1.807, 2.05) is 0 Å². The predicted molar refractivity (Wildman–Crippen MR) is 179 cm³/mol. The maximum absolute atomic E-state index is 2.61. The zero-order valence-corrected chi connectivity index (χ0v) is 25.5. The first kappa shape index (κ1) is 23.9. The van der Waals surface area contributed by atoms with Crippen LogP contribution in [0.2, 0.25) is 26.2 Å². The molecule has 6 aromatic rings. The molecule has 2 heteroatoms. The Morgan fingerprint density at radius 3 is 1.55 bits per heavy atom. The molecule has 0 saturated carbocycles. The second-order valence-corrected chi connectivity index (χ2v) is 21.2. The molecule has 2 aliphatic rings. The maximum atomic E-state index is 2.61. The van der Waals surface area contributed by atoms with Gasteiger partial charge in [0, 0.05) is 0 Å². The van der Waals surface area contributed by atoms with Crippen LogP contribution in [0.3, 0.4) is 0 Å². The summed E-state index contributed by atoms with van der Waals surface area (Å²) in [5, 5.41) is 9.26. The van der Waals surface area contributed by atoms with Gasteiger partial charge in [0.1, 0.15) is 16.1 Å². The van der Waals surface area contributed by atoms with E-state index < -0.39 is 16.1 Å². The van der Waals surface area contributed by atoms with Crippen LogP contribution in [0.4, 0.5) is 0 Å². The fraction of sp³-hybridized carbons (Fsp3) is 0.105. The molecule has 0 spiro atoms. The van der Waals surface area contributed by atoms with Gasteiger partial charge in [0.15, 0.2) is 0 Å². The first-order valence-electron chi connectivity index (χ1n) is 14.4. The van der Waals surface area contributed by atoms with Gasteiger partial charge in [-0.05, 0) is 76.0 Å². The highest BCUT2D eigenvalue weighted by Crippen LogP contribution is 2.42. The third-order valence-corrected chi connectivity index (χ3v) is 16.7. The third kappa shape index (κ3) is 3.18. The first-order chi connectivity index (χ1) is 19.4. The van der Waals surface area contributed by atoms with Gasteiger partial charge in [-0.1, -0.05) is 148 Å². The highest BCUT2D eigenvalue weighted by molar-refractivity contribution is 7.05. The van der Waals surface area contributed by atoms with E-state index in [0.717, 1.165) is 0 Å².